The molecule has 0 radical (unpaired) electrons. The maximum absolute atomic E-state index is 13.3. The Kier molecular flexibility index (Phi) is 9.57. The smallest absolute Gasteiger partial charge is 0.412 e. The van der Waals surface area contributed by atoms with E-state index in [0.29, 0.717) is 29.7 Å². The van der Waals surface area contributed by atoms with E-state index in [4.69, 9.17) is 14.9 Å². The number of ether oxygens (including phenoxy) is 3. The van der Waals surface area contributed by atoms with Gasteiger partial charge in [-0.3, -0.25) is 20.3 Å². The van der Waals surface area contributed by atoms with E-state index in [-0.39, 0.29) is 35.8 Å². The average molecular weight is 536 g/mol. The van der Waals surface area contributed by atoms with Crippen LogP contribution in [0.1, 0.15) is 73.7 Å². The fourth-order valence-electron chi connectivity index (χ4n) is 5.30. The minimum Gasteiger partial charge on any atom is -0.496 e. The lowest BCUT2D eigenvalue weighted by Crippen LogP contribution is -2.39. The van der Waals surface area contributed by atoms with Gasteiger partial charge in [-0.2, -0.15) is 0 Å². The number of methoxy groups -OCH3 is 2. The number of esters is 1. The highest BCUT2D eigenvalue weighted by atomic mass is 16.5. The highest BCUT2D eigenvalue weighted by Gasteiger charge is 2.30. The molecule has 0 atom stereocenters. The maximum Gasteiger partial charge on any atom is 0.412 e. The van der Waals surface area contributed by atoms with Gasteiger partial charge >= 0.3 is 12.1 Å². The number of hydrogen-bond acceptors (Lipinski definition) is 7. The Morgan fingerprint density at radius 1 is 0.846 bits per heavy atom. The third-order valence-corrected chi connectivity index (χ3v) is 7.59. The molecule has 2 aromatic rings. The predicted octanol–water partition coefficient (Wildman–Crippen LogP) is 5.21. The summed E-state index contributed by atoms with van der Waals surface area (Å²) in [6.07, 6.45) is 7.66. The standard InChI is InChI=1S/C30H37N3O6/c1-37-26-17-14-22(19-8-10-20(11-9-19)27(31)33-30(36)38-2)18-25(26)28(34)32-23-15-12-21(13-16-23)29(35)39-24-6-4-3-5-7-24/h8-11,14,17-18,21,23-24H,3-7,12-13,15-16H2,1-2H3,(H,32,34)(H2,31,33,36)/t21-,23-. The van der Waals surface area contributed by atoms with Crippen molar-refractivity contribution in [2.24, 2.45) is 5.92 Å². The van der Waals surface area contributed by atoms with Crippen molar-refractivity contribution < 1.29 is 28.6 Å². The quantitative estimate of drug-likeness (QED) is 0.254. The normalized spacial score (nSPS) is 19.4. The summed E-state index contributed by atoms with van der Waals surface area (Å²) in [5, 5.41) is 13.5. The van der Waals surface area contributed by atoms with Gasteiger partial charge in [-0.1, -0.05) is 36.8 Å². The zero-order valence-electron chi connectivity index (χ0n) is 22.6. The van der Waals surface area contributed by atoms with Crippen LogP contribution in [0, 0.1) is 11.3 Å². The number of amidine groups is 1. The molecule has 0 heterocycles. The molecule has 2 aliphatic carbocycles. The van der Waals surface area contributed by atoms with Crippen molar-refractivity contribution in [1.29, 1.82) is 5.41 Å². The van der Waals surface area contributed by atoms with E-state index in [1.165, 1.54) is 20.6 Å². The molecule has 9 heteroatoms. The van der Waals surface area contributed by atoms with Gasteiger partial charge in [0, 0.05) is 11.6 Å². The first kappa shape index (κ1) is 28.1. The number of carbonyl (C=O) groups excluding carboxylic acids is 3. The number of rotatable bonds is 7. The zero-order chi connectivity index (χ0) is 27.8. The Hall–Kier alpha value is -3.88. The first-order chi connectivity index (χ1) is 18.9. The first-order valence-electron chi connectivity index (χ1n) is 13.6. The molecule has 4 rings (SSSR count). The molecule has 2 amide bonds. The van der Waals surface area contributed by atoms with Crippen LogP contribution in [-0.2, 0) is 14.3 Å². The maximum atomic E-state index is 13.3. The monoisotopic (exact) mass is 535 g/mol. The second kappa shape index (κ2) is 13.3. The van der Waals surface area contributed by atoms with Crippen LogP contribution >= 0.6 is 0 Å². The summed E-state index contributed by atoms with van der Waals surface area (Å²) < 4.78 is 15.8. The van der Waals surface area contributed by atoms with Crippen LogP contribution in [-0.4, -0.2) is 50.2 Å². The highest BCUT2D eigenvalue weighted by molar-refractivity contribution is 6.04. The largest absolute Gasteiger partial charge is 0.496 e. The van der Waals surface area contributed by atoms with Gasteiger partial charge in [0.2, 0.25) is 0 Å². The van der Waals surface area contributed by atoms with Gasteiger partial charge in [0.25, 0.3) is 5.91 Å². The number of nitrogens with one attached hydrogen (secondary N) is 3. The lowest BCUT2D eigenvalue weighted by atomic mass is 9.85. The third kappa shape index (κ3) is 7.37. The summed E-state index contributed by atoms with van der Waals surface area (Å²) >= 11 is 0. The number of alkyl carbamates (subject to hydrolysis) is 1. The van der Waals surface area contributed by atoms with Crippen molar-refractivity contribution in [2.45, 2.75) is 69.9 Å². The average Bonchev–Trinajstić information content (AvgIpc) is 2.97. The molecule has 2 fully saturated rings. The van der Waals surface area contributed by atoms with Gasteiger partial charge in [-0.05, 0) is 74.6 Å². The number of carbonyl (C=O) groups is 3. The molecular weight excluding hydrogens is 498 g/mol. The van der Waals surface area contributed by atoms with Gasteiger partial charge in [0.1, 0.15) is 17.7 Å². The van der Waals surface area contributed by atoms with E-state index in [1.807, 2.05) is 18.2 Å². The van der Waals surface area contributed by atoms with Crippen molar-refractivity contribution in [1.82, 2.24) is 10.6 Å². The number of hydrogen-bond donors (Lipinski definition) is 3. The summed E-state index contributed by atoms with van der Waals surface area (Å²) in [6.45, 7) is 0. The summed E-state index contributed by atoms with van der Waals surface area (Å²) in [6, 6.07) is 12.5. The molecule has 2 aliphatic rings. The van der Waals surface area contributed by atoms with Crippen LogP contribution in [0.2, 0.25) is 0 Å². The van der Waals surface area contributed by atoms with Crippen LogP contribution in [0.25, 0.3) is 11.1 Å². The summed E-state index contributed by atoms with van der Waals surface area (Å²) in [5.41, 5.74) is 2.61. The molecule has 9 nitrogen and oxygen atoms in total. The molecule has 0 unspecified atom stereocenters. The first-order valence-corrected chi connectivity index (χ1v) is 13.6. The van der Waals surface area contributed by atoms with Crippen molar-refractivity contribution in [3.05, 3.63) is 53.6 Å². The molecule has 2 saturated carbocycles. The van der Waals surface area contributed by atoms with Gasteiger partial charge < -0.3 is 19.5 Å². The molecular formula is C30H37N3O6. The lowest BCUT2D eigenvalue weighted by molar-refractivity contribution is -0.156. The highest BCUT2D eigenvalue weighted by Crippen LogP contribution is 2.30. The molecule has 0 spiro atoms. The van der Waals surface area contributed by atoms with Crippen LogP contribution < -0.4 is 15.4 Å². The summed E-state index contributed by atoms with van der Waals surface area (Å²) in [4.78, 5) is 37.3. The van der Waals surface area contributed by atoms with Crippen LogP contribution in [0.3, 0.4) is 0 Å². The summed E-state index contributed by atoms with van der Waals surface area (Å²) in [5.74, 6) is 0.0120. The Labute approximate surface area is 229 Å². The van der Waals surface area contributed by atoms with Crippen LogP contribution in [0.15, 0.2) is 42.5 Å². The topological polar surface area (TPSA) is 127 Å². The number of amides is 2. The molecule has 0 aliphatic heterocycles. The molecule has 39 heavy (non-hydrogen) atoms. The van der Waals surface area contributed by atoms with E-state index < -0.39 is 6.09 Å². The van der Waals surface area contributed by atoms with Crippen molar-refractivity contribution in [2.75, 3.05) is 14.2 Å². The molecule has 208 valence electrons. The van der Waals surface area contributed by atoms with Crippen LogP contribution in [0.5, 0.6) is 5.75 Å². The predicted molar refractivity (Wildman–Crippen MR) is 147 cm³/mol. The van der Waals surface area contributed by atoms with Crippen molar-refractivity contribution in [3.63, 3.8) is 0 Å². The SMILES string of the molecule is COC(=O)NC(=N)c1ccc(-c2ccc(OC)c(C(=O)N[C@H]3CC[C@H](C(=O)OC4CCCCC4)CC3)c2)cc1. The van der Waals surface area contributed by atoms with E-state index >= 15 is 0 Å². The van der Waals surface area contributed by atoms with Crippen molar-refractivity contribution >= 4 is 23.8 Å². The Morgan fingerprint density at radius 2 is 1.51 bits per heavy atom. The van der Waals surface area contributed by atoms with Crippen molar-refractivity contribution in [3.8, 4) is 16.9 Å². The fraction of sp³-hybridized carbons (Fsp3) is 0.467. The zero-order valence-corrected chi connectivity index (χ0v) is 22.6. The fourth-order valence-corrected chi connectivity index (χ4v) is 5.30. The van der Waals surface area contributed by atoms with E-state index in [2.05, 4.69) is 15.4 Å². The van der Waals surface area contributed by atoms with Gasteiger partial charge in [0.15, 0.2) is 0 Å². The second-order valence-corrected chi connectivity index (χ2v) is 10.2. The molecule has 3 N–H and O–H groups in total. The van der Waals surface area contributed by atoms with E-state index in [0.717, 1.165) is 49.7 Å². The Balaban J connectivity index is 1.36. The lowest BCUT2D eigenvalue weighted by Gasteiger charge is -2.30. The molecule has 0 saturated heterocycles. The minimum absolute atomic E-state index is 0.0165. The van der Waals surface area contributed by atoms with Crippen LogP contribution in [0.4, 0.5) is 4.79 Å². The second-order valence-electron chi connectivity index (χ2n) is 10.2. The van der Waals surface area contributed by atoms with Gasteiger partial charge in [0.05, 0.1) is 25.7 Å². The van der Waals surface area contributed by atoms with E-state index in [9.17, 15) is 14.4 Å². The molecule has 2 aromatic carbocycles. The Bertz CT molecular complexity index is 1180. The van der Waals surface area contributed by atoms with Gasteiger partial charge in [-0.15, -0.1) is 0 Å². The minimum atomic E-state index is -0.706. The van der Waals surface area contributed by atoms with Gasteiger partial charge in [-0.25, -0.2) is 4.79 Å². The Morgan fingerprint density at radius 3 is 2.15 bits per heavy atom. The number of benzene rings is 2. The third-order valence-electron chi connectivity index (χ3n) is 7.59. The van der Waals surface area contributed by atoms with E-state index in [1.54, 1.807) is 24.3 Å². The molecule has 0 bridgehead atoms. The molecule has 0 aromatic heterocycles. The summed E-state index contributed by atoms with van der Waals surface area (Å²) in [7, 11) is 2.77.